The van der Waals surface area contributed by atoms with Crippen molar-refractivity contribution in [2.45, 2.75) is 40.7 Å². The van der Waals surface area contributed by atoms with Gasteiger partial charge < -0.3 is 10.2 Å². The molecule has 0 spiro atoms. The van der Waals surface area contributed by atoms with Crippen LogP contribution in [0.15, 0.2) is 4.42 Å². The summed E-state index contributed by atoms with van der Waals surface area (Å²) in [6, 6.07) is 0. The number of nitrogens with zero attached hydrogens (tertiary/aromatic N) is 2. The average molecular weight is 197 g/mol. The maximum Gasteiger partial charge on any atom is 0.230 e. The summed E-state index contributed by atoms with van der Waals surface area (Å²) in [4.78, 5) is 0. The topological polar surface area (TPSA) is 64.9 Å². The highest BCUT2D eigenvalue weighted by Crippen LogP contribution is 2.27. The van der Waals surface area contributed by atoms with E-state index >= 15 is 0 Å². The fourth-order valence-corrected chi connectivity index (χ4v) is 1.02. The molecule has 0 saturated carbocycles. The average Bonchev–Trinajstić information content (AvgIpc) is 2.50. The molecule has 4 nitrogen and oxygen atoms in total. The van der Waals surface area contributed by atoms with Crippen LogP contribution in [0, 0.1) is 11.3 Å². The van der Waals surface area contributed by atoms with Crippen molar-refractivity contribution in [3.05, 3.63) is 11.8 Å². The van der Waals surface area contributed by atoms with E-state index in [1.807, 2.05) is 0 Å². The van der Waals surface area contributed by atoms with Gasteiger partial charge in [-0.25, -0.2) is 0 Å². The molecule has 1 heterocycles. The van der Waals surface area contributed by atoms with E-state index in [0.29, 0.717) is 24.2 Å². The second-order valence-electron chi connectivity index (χ2n) is 4.76. The van der Waals surface area contributed by atoms with Crippen LogP contribution in [0.25, 0.3) is 0 Å². The number of hydrogen-bond donors (Lipinski definition) is 1. The first kappa shape index (κ1) is 11.2. The minimum Gasteiger partial charge on any atom is -0.424 e. The molecule has 0 aliphatic rings. The van der Waals surface area contributed by atoms with Gasteiger partial charge in [-0.05, 0) is 11.3 Å². The zero-order valence-corrected chi connectivity index (χ0v) is 9.37. The Morgan fingerprint density at radius 3 is 2.29 bits per heavy atom. The van der Waals surface area contributed by atoms with Crippen molar-refractivity contribution in [2.24, 2.45) is 17.1 Å². The van der Waals surface area contributed by atoms with Crippen LogP contribution in [-0.2, 0) is 13.0 Å². The molecular weight excluding hydrogens is 178 g/mol. The molecule has 4 heteroatoms. The highest BCUT2D eigenvalue weighted by atomic mass is 16.4. The van der Waals surface area contributed by atoms with Crippen LogP contribution in [-0.4, -0.2) is 10.2 Å². The molecular formula is C10H19N3O. The predicted octanol–water partition coefficient (Wildman–Crippen LogP) is 1.75. The number of aromatic nitrogens is 2. The Morgan fingerprint density at radius 2 is 1.86 bits per heavy atom. The second kappa shape index (κ2) is 4.09. The Balaban J connectivity index is 2.60. The summed E-state index contributed by atoms with van der Waals surface area (Å²) in [7, 11) is 0. The molecule has 0 fully saturated rings. The highest BCUT2D eigenvalue weighted by molar-refractivity contribution is 4.85. The van der Waals surface area contributed by atoms with E-state index in [1.165, 1.54) is 0 Å². The van der Waals surface area contributed by atoms with Crippen molar-refractivity contribution < 1.29 is 4.42 Å². The highest BCUT2D eigenvalue weighted by Gasteiger charge is 2.22. The van der Waals surface area contributed by atoms with Gasteiger partial charge in [-0.15, -0.1) is 10.2 Å². The fraction of sp³-hybridized carbons (Fsp3) is 0.800. The number of nitrogens with two attached hydrogens (primary N) is 1. The summed E-state index contributed by atoms with van der Waals surface area (Å²) >= 11 is 0. The van der Waals surface area contributed by atoms with E-state index in [9.17, 15) is 0 Å². The van der Waals surface area contributed by atoms with Crippen LogP contribution < -0.4 is 5.73 Å². The maximum atomic E-state index is 5.38. The summed E-state index contributed by atoms with van der Waals surface area (Å²) in [5.41, 5.74) is 5.64. The van der Waals surface area contributed by atoms with Gasteiger partial charge in [-0.1, -0.05) is 27.7 Å². The third-order valence-electron chi connectivity index (χ3n) is 2.64. The third-order valence-corrected chi connectivity index (χ3v) is 2.64. The molecule has 1 rings (SSSR count). The van der Waals surface area contributed by atoms with Crippen LogP contribution in [0.4, 0.5) is 0 Å². The zero-order chi connectivity index (χ0) is 10.8. The lowest BCUT2D eigenvalue weighted by molar-refractivity contribution is 0.243. The molecule has 0 amide bonds. The fourth-order valence-electron chi connectivity index (χ4n) is 1.02. The lowest BCUT2D eigenvalue weighted by atomic mass is 9.80. The Hall–Kier alpha value is -0.900. The lowest BCUT2D eigenvalue weighted by Crippen LogP contribution is -2.19. The lowest BCUT2D eigenvalue weighted by Gasteiger charge is -2.25. The molecule has 1 unspecified atom stereocenters. The molecule has 0 saturated heterocycles. The Morgan fingerprint density at radius 1 is 1.29 bits per heavy atom. The SMILES string of the molecule is CC(Cc1nnc(CN)o1)C(C)(C)C. The maximum absolute atomic E-state index is 5.38. The first-order chi connectivity index (χ1) is 6.43. The van der Waals surface area contributed by atoms with Crippen LogP contribution in [0.2, 0.25) is 0 Å². The molecule has 0 radical (unpaired) electrons. The van der Waals surface area contributed by atoms with E-state index in [1.54, 1.807) is 0 Å². The van der Waals surface area contributed by atoms with E-state index < -0.39 is 0 Å². The normalized spacial score (nSPS) is 14.4. The monoisotopic (exact) mass is 197 g/mol. The third kappa shape index (κ3) is 2.80. The van der Waals surface area contributed by atoms with E-state index in [2.05, 4.69) is 37.9 Å². The van der Waals surface area contributed by atoms with Gasteiger partial charge >= 0.3 is 0 Å². The molecule has 1 aromatic rings. The van der Waals surface area contributed by atoms with Gasteiger partial charge in [0.2, 0.25) is 11.8 Å². The summed E-state index contributed by atoms with van der Waals surface area (Å²) < 4.78 is 5.35. The summed E-state index contributed by atoms with van der Waals surface area (Å²) in [5, 5.41) is 7.77. The van der Waals surface area contributed by atoms with Crippen LogP contribution >= 0.6 is 0 Å². The Labute approximate surface area is 84.9 Å². The van der Waals surface area contributed by atoms with Crippen LogP contribution in [0.5, 0.6) is 0 Å². The van der Waals surface area contributed by atoms with Gasteiger partial charge in [0.15, 0.2) is 0 Å². The van der Waals surface area contributed by atoms with E-state index in [4.69, 9.17) is 10.2 Å². The molecule has 0 aliphatic carbocycles. The smallest absolute Gasteiger partial charge is 0.230 e. The van der Waals surface area contributed by atoms with Crippen molar-refractivity contribution >= 4 is 0 Å². The molecule has 14 heavy (non-hydrogen) atoms. The van der Waals surface area contributed by atoms with E-state index in [-0.39, 0.29) is 5.41 Å². The van der Waals surface area contributed by atoms with Gasteiger partial charge in [-0.2, -0.15) is 0 Å². The largest absolute Gasteiger partial charge is 0.424 e. The van der Waals surface area contributed by atoms with Gasteiger partial charge in [0.1, 0.15) is 0 Å². The molecule has 1 atom stereocenters. The van der Waals surface area contributed by atoms with Crippen molar-refractivity contribution in [3.8, 4) is 0 Å². The van der Waals surface area contributed by atoms with Gasteiger partial charge in [0.25, 0.3) is 0 Å². The van der Waals surface area contributed by atoms with Gasteiger partial charge in [0.05, 0.1) is 6.54 Å². The van der Waals surface area contributed by atoms with E-state index in [0.717, 1.165) is 6.42 Å². The summed E-state index contributed by atoms with van der Waals surface area (Å²) in [5.74, 6) is 1.71. The molecule has 0 aliphatic heterocycles. The minimum absolute atomic E-state index is 0.261. The summed E-state index contributed by atoms with van der Waals surface area (Å²) in [6.45, 7) is 9.12. The van der Waals surface area contributed by atoms with Gasteiger partial charge in [-0.3, -0.25) is 0 Å². The van der Waals surface area contributed by atoms with Gasteiger partial charge in [0, 0.05) is 6.42 Å². The number of hydrogen-bond acceptors (Lipinski definition) is 4. The van der Waals surface area contributed by atoms with Crippen molar-refractivity contribution in [1.82, 2.24) is 10.2 Å². The number of rotatable bonds is 3. The predicted molar refractivity (Wildman–Crippen MR) is 54.5 cm³/mol. The minimum atomic E-state index is 0.261. The van der Waals surface area contributed by atoms with Crippen molar-refractivity contribution in [2.75, 3.05) is 0 Å². The van der Waals surface area contributed by atoms with Crippen molar-refractivity contribution in [1.29, 1.82) is 0 Å². The van der Waals surface area contributed by atoms with Crippen molar-refractivity contribution in [3.63, 3.8) is 0 Å². The van der Waals surface area contributed by atoms with Crippen LogP contribution in [0.1, 0.15) is 39.5 Å². The molecule has 1 aromatic heterocycles. The first-order valence-corrected chi connectivity index (χ1v) is 4.95. The summed E-state index contributed by atoms with van der Waals surface area (Å²) in [6.07, 6.45) is 0.816. The molecule has 80 valence electrons. The van der Waals surface area contributed by atoms with Crippen LogP contribution in [0.3, 0.4) is 0 Å². The first-order valence-electron chi connectivity index (χ1n) is 4.95. The Bertz CT molecular complexity index is 288. The quantitative estimate of drug-likeness (QED) is 0.801. The second-order valence-corrected chi connectivity index (χ2v) is 4.76. The molecule has 0 bridgehead atoms. The molecule has 0 aromatic carbocycles. The Kier molecular flexibility index (Phi) is 3.26. The molecule has 2 N–H and O–H groups in total. The zero-order valence-electron chi connectivity index (χ0n) is 9.37. The standard InChI is InChI=1S/C10H19N3O/c1-7(10(2,3)4)5-8-12-13-9(6-11)14-8/h7H,5-6,11H2,1-4H3.